The number of hydrogen-bond acceptors (Lipinski definition) is 4. The van der Waals surface area contributed by atoms with E-state index in [1.54, 1.807) is 16.6 Å². The van der Waals surface area contributed by atoms with Gasteiger partial charge in [-0.25, -0.2) is 4.68 Å². The van der Waals surface area contributed by atoms with Gasteiger partial charge in [-0.05, 0) is 32.7 Å². The van der Waals surface area contributed by atoms with Gasteiger partial charge in [0.2, 0.25) is 5.91 Å². The topological polar surface area (TPSA) is 77.0 Å². The second-order valence-corrected chi connectivity index (χ2v) is 4.06. The molecule has 0 aromatic carbocycles. The van der Waals surface area contributed by atoms with Crippen LogP contribution >= 0.6 is 0 Å². The Labute approximate surface area is 102 Å². The van der Waals surface area contributed by atoms with Crippen molar-refractivity contribution in [3.63, 3.8) is 0 Å². The fraction of sp³-hybridized carbons (Fsp3) is 0.727. The summed E-state index contributed by atoms with van der Waals surface area (Å²) in [6.45, 7) is 3.61. The Balaban J connectivity index is 2.42. The average Bonchev–Trinajstić information content (AvgIpc) is 2.76. The lowest BCUT2D eigenvalue weighted by Gasteiger charge is -2.13. The van der Waals surface area contributed by atoms with Gasteiger partial charge in [-0.1, -0.05) is 5.21 Å². The molecule has 0 aliphatic carbocycles. The maximum absolute atomic E-state index is 11.6. The molecule has 1 rings (SSSR count). The van der Waals surface area contributed by atoms with Gasteiger partial charge in [0.25, 0.3) is 0 Å². The van der Waals surface area contributed by atoms with E-state index in [0.717, 1.165) is 25.0 Å². The van der Waals surface area contributed by atoms with Gasteiger partial charge >= 0.3 is 0 Å². The second-order valence-electron chi connectivity index (χ2n) is 4.06. The molecule has 6 nitrogen and oxygen atoms in total. The standard InChI is InChI=1S/C11H21N5O/c1-3-15(2)11(17)9-16-8-10(13-14-16)6-4-5-7-12/h8H,3-7,9,12H2,1-2H3. The van der Waals surface area contributed by atoms with Crippen molar-refractivity contribution in [2.45, 2.75) is 32.7 Å². The number of carbonyl (C=O) groups excluding carboxylic acids is 1. The van der Waals surface area contributed by atoms with Crippen molar-refractivity contribution in [2.24, 2.45) is 5.73 Å². The summed E-state index contributed by atoms with van der Waals surface area (Å²) in [5, 5.41) is 7.97. The minimum atomic E-state index is 0.0471. The van der Waals surface area contributed by atoms with E-state index >= 15 is 0 Å². The summed E-state index contributed by atoms with van der Waals surface area (Å²) in [5.41, 5.74) is 6.34. The summed E-state index contributed by atoms with van der Waals surface area (Å²) in [4.78, 5) is 13.3. The monoisotopic (exact) mass is 239 g/mol. The van der Waals surface area contributed by atoms with Crippen LogP contribution in [0.5, 0.6) is 0 Å². The van der Waals surface area contributed by atoms with Crippen LogP contribution < -0.4 is 5.73 Å². The maximum atomic E-state index is 11.6. The predicted molar refractivity (Wildman–Crippen MR) is 65.3 cm³/mol. The zero-order chi connectivity index (χ0) is 12.7. The summed E-state index contributed by atoms with van der Waals surface area (Å²) in [6, 6.07) is 0. The molecule has 0 fully saturated rings. The number of carbonyl (C=O) groups is 1. The molecule has 0 atom stereocenters. The quantitative estimate of drug-likeness (QED) is 0.681. The van der Waals surface area contributed by atoms with Gasteiger partial charge in [-0.3, -0.25) is 4.79 Å². The summed E-state index contributed by atoms with van der Waals surface area (Å²) >= 11 is 0. The first-order valence-electron chi connectivity index (χ1n) is 6.00. The molecule has 1 aromatic heterocycles. The molecule has 0 spiro atoms. The molecule has 0 aliphatic heterocycles. The molecule has 17 heavy (non-hydrogen) atoms. The SMILES string of the molecule is CCN(C)C(=O)Cn1cc(CCCCN)nn1. The Morgan fingerprint density at radius 1 is 1.53 bits per heavy atom. The van der Waals surface area contributed by atoms with Gasteiger partial charge in [-0.15, -0.1) is 5.10 Å². The molecular formula is C11H21N5O. The van der Waals surface area contributed by atoms with E-state index in [2.05, 4.69) is 10.3 Å². The van der Waals surface area contributed by atoms with Crippen molar-refractivity contribution in [1.29, 1.82) is 0 Å². The molecule has 96 valence electrons. The molecule has 2 N–H and O–H groups in total. The number of unbranched alkanes of at least 4 members (excludes halogenated alkanes) is 1. The first-order chi connectivity index (χ1) is 8.17. The van der Waals surface area contributed by atoms with Crippen molar-refractivity contribution in [2.75, 3.05) is 20.1 Å². The Bertz CT molecular complexity index is 349. The molecule has 0 bridgehead atoms. The molecule has 1 amide bonds. The number of amides is 1. The van der Waals surface area contributed by atoms with Crippen LogP contribution in [0.1, 0.15) is 25.5 Å². The highest BCUT2D eigenvalue weighted by Gasteiger charge is 2.09. The van der Waals surface area contributed by atoms with Crippen LogP contribution in [0.2, 0.25) is 0 Å². The largest absolute Gasteiger partial charge is 0.344 e. The smallest absolute Gasteiger partial charge is 0.244 e. The van der Waals surface area contributed by atoms with Crippen LogP contribution in [0, 0.1) is 0 Å². The van der Waals surface area contributed by atoms with Crippen molar-refractivity contribution < 1.29 is 4.79 Å². The van der Waals surface area contributed by atoms with Crippen molar-refractivity contribution in [3.8, 4) is 0 Å². The summed E-state index contributed by atoms with van der Waals surface area (Å²) in [5.74, 6) is 0.0471. The molecule has 6 heteroatoms. The van der Waals surface area contributed by atoms with E-state index in [9.17, 15) is 4.79 Å². The lowest BCUT2D eigenvalue weighted by atomic mass is 10.2. The average molecular weight is 239 g/mol. The van der Waals surface area contributed by atoms with Gasteiger partial charge in [0.15, 0.2) is 0 Å². The highest BCUT2D eigenvalue weighted by atomic mass is 16.2. The number of likely N-dealkylation sites (N-methyl/N-ethyl adjacent to an activating group) is 1. The van der Waals surface area contributed by atoms with Crippen LogP contribution in [-0.2, 0) is 17.8 Å². The summed E-state index contributed by atoms with van der Waals surface area (Å²) < 4.78 is 1.59. The van der Waals surface area contributed by atoms with Gasteiger partial charge < -0.3 is 10.6 Å². The first kappa shape index (κ1) is 13.6. The van der Waals surface area contributed by atoms with Gasteiger partial charge in [0.05, 0.1) is 5.69 Å². The minimum absolute atomic E-state index is 0.0471. The van der Waals surface area contributed by atoms with Crippen LogP contribution in [0.4, 0.5) is 0 Å². The predicted octanol–water partition coefficient (Wildman–Crippen LogP) is 0.0378. The number of aromatic nitrogens is 3. The van der Waals surface area contributed by atoms with Crippen molar-refractivity contribution >= 4 is 5.91 Å². The molecule has 0 unspecified atom stereocenters. The lowest BCUT2D eigenvalue weighted by molar-refractivity contribution is -0.130. The van der Waals surface area contributed by atoms with Crippen LogP contribution in [-0.4, -0.2) is 45.9 Å². The highest BCUT2D eigenvalue weighted by Crippen LogP contribution is 2.00. The fourth-order valence-electron chi connectivity index (χ4n) is 1.42. The molecule has 1 aromatic rings. The molecular weight excluding hydrogens is 218 g/mol. The van der Waals surface area contributed by atoms with Crippen LogP contribution in [0.25, 0.3) is 0 Å². The molecule has 0 aliphatic rings. The fourth-order valence-corrected chi connectivity index (χ4v) is 1.42. The van der Waals surface area contributed by atoms with Crippen molar-refractivity contribution in [1.82, 2.24) is 19.9 Å². The number of rotatable bonds is 7. The van der Waals surface area contributed by atoms with Crippen LogP contribution in [0.15, 0.2) is 6.20 Å². The lowest BCUT2D eigenvalue weighted by Crippen LogP contribution is -2.30. The first-order valence-corrected chi connectivity index (χ1v) is 6.00. The Morgan fingerprint density at radius 3 is 2.94 bits per heavy atom. The number of hydrogen-bond donors (Lipinski definition) is 1. The van der Waals surface area contributed by atoms with E-state index in [0.29, 0.717) is 13.1 Å². The van der Waals surface area contributed by atoms with Gasteiger partial charge in [0, 0.05) is 19.8 Å². The van der Waals surface area contributed by atoms with Gasteiger partial charge in [0.1, 0.15) is 6.54 Å². The third kappa shape index (κ3) is 4.52. The molecule has 0 saturated heterocycles. The molecule has 0 saturated carbocycles. The minimum Gasteiger partial charge on any atom is -0.344 e. The third-order valence-electron chi connectivity index (χ3n) is 2.67. The highest BCUT2D eigenvalue weighted by molar-refractivity contribution is 5.75. The zero-order valence-corrected chi connectivity index (χ0v) is 10.6. The number of nitrogens with zero attached hydrogens (tertiary/aromatic N) is 4. The van der Waals surface area contributed by atoms with E-state index in [1.807, 2.05) is 13.1 Å². The Hall–Kier alpha value is -1.43. The van der Waals surface area contributed by atoms with E-state index < -0.39 is 0 Å². The van der Waals surface area contributed by atoms with Crippen LogP contribution in [0.3, 0.4) is 0 Å². The molecule has 1 heterocycles. The third-order valence-corrected chi connectivity index (χ3v) is 2.67. The van der Waals surface area contributed by atoms with Crippen molar-refractivity contribution in [3.05, 3.63) is 11.9 Å². The second kappa shape index (κ2) is 7.01. The Morgan fingerprint density at radius 2 is 2.29 bits per heavy atom. The normalized spacial score (nSPS) is 10.5. The van der Waals surface area contributed by atoms with E-state index in [-0.39, 0.29) is 12.5 Å². The Kier molecular flexibility index (Phi) is 5.62. The van der Waals surface area contributed by atoms with E-state index in [4.69, 9.17) is 5.73 Å². The number of nitrogens with two attached hydrogens (primary N) is 1. The summed E-state index contributed by atoms with van der Waals surface area (Å²) in [6.07, 6.45) is 4.70. The van der Waals surface area contributed by atoms with Gasteiger partial charge in [-0.2, -0.15) is 0 Å². The number of aryl methyl sites for hydroxylation is 1. The zero-order valence-electron chi connectivity index (χ0n) is 10.6. The summed E-state index contributed by atoms with van der Waals surface area (Å²) in [7, 11) is 1.78. The maximum Gasteiger partial charge on any atom is 0.244 e. The van der Waals surface area contributed by atoms with E-state index in [1.165, 1.54) is 0 Å². The molecule has 0 radical (unpaired) electrons.